The Hall–Kier alpha value is 0.110. The number of rotatable bonds is 5. The largest absolute Gasteiger partial charge is 0.376 e. The first-order valence-electron chi connectivity index (χ1n) is 7.40. The predicted molar refractivity (Wildman–Crippen MR) is 81.7 cm³/mol. The van der Waals surface area contributed by atoms with Crippen LogP contribution in [0, 0.1) is 0 Å². The summed E-state index contributed by atoms with van der Waals surface area (Å²) in [6.45, 7) is 8.26. The molecule has 0 bridgehead atoms. The van der Waals surface area contributed by atoms with Gasteiger partial charge in [-0.3, -0.25) is 0 Å². The van der Waals surface area contributed by atoms with Crippen molar-refractivity contribution in [1.29, 1.82) is 0 Å². The quantitative estimate of drug-likeness (QED) is 0.561. The Balaban J connectivity index is 2.29. The summed E-state index contributed by atoms with van der Waals surface area (Å²) >= 11 is 1.33. The highest BCUT2D eigenvalue weighted by Crippen LogP contribution is 2.05. The van der Waals surface area contributed by atoms with Crippen molar-refractivity contribution < 1.29 is 27.9 Å². The molecule has 0 saturated carbocycles. The van der Waals surface area contributed by atoms with Crippen LogP contribution in [0.4, 0.5) is 0 Å². The van der Waals surface area contributed by atoms with Crippen molar-refractivity contribution in [2.24, 2.45) is 0 Å². The highest BCUT2D eigenvalue weighted by atomic mass is 32.2. The highest BCUT2D eigenvalue weighted by Gasteiger charge is 2.15. The monoisotopic (exact) mass is 324 g/mol. The molecular formula is C14H28O6S. The molecule has 1 fully saturated rings. The molecule has 0 aliphatic carbocycles. The van der Waals surface area contributed by atoms with E-state index in [-0.39, 0.29) is 18.3 Å². The first-order chi connectivity index (χ1) is 10.2. The lowest BCUT2D eigenvalue weighted by Gasteiger charge is -2.20. The molecule has 1 heterocycles. The Morgan fingerprint density at radius 3 is 2.00 bits per heavy atom. The Morgan fingerprint density at radius 1 is 0.905 bits per heavy atom. The summed E-state index contributed by atoms with van der Waals surface area (Å²) in [4.78, 5) is 0. The molecule has 0 aromatic heterocycles. The Labute approximate surface area is 131 Å². The molecule has 1 aliphatic rings. The van der Waals surface area contributed by atoms with Crippen molar-refractivity contribution in [2.45, 2.75) is 32.2 Å². The smallest absolute Gasteiger partial charge is 0.104 e. The Bertz CT molecular complexity index is 226. The van der Waals surface area contributed by atoms with Crippen LogP contribution < -0.4 is 0 Å². The van der Waals surface area contributed by atoms with E-state index >= 15 is 0 Å². The zero-order valence-corrected chi connectivity index (χ0v) is 14.1. The molecule has 1 aliphatic heterocycles. The van der Waals surface area contributed by atoms with Gasteiger partial charge < -0.3 is 27.9 Å². The van der Waals surface area contributed by atoms with Crippen LogP contribution in [0.3, 0.4) is 0 Å². The van der Waals surface area contributed by atoms with Gasteiger partial charge in [-0.25, -0.2) is 0 Å². The van der Waals surface area contributed by atoms with Crippen molar-refractivity contribution in [2.75, 3.05) is 59.1 Å². The fourth-order valence-electron chi connectivity index (χ4n) is 1.76. The van der Waals surface area contributed by atoms with Crippen LogP contribution in [0.15, 0.2) is 0 Å². The first-order valence-corrected chi connectivity index (χ1v) is 8.55. The van der Waals surface area contributed by atoms with Gasteiger partial charge in [-0.1, -0.05) is 0 Å². The number of ether oxygens (including phenoxy) is 5. The minimum Gasteiger partial charge on any atom is -0.376 e. The second-order valence-corrected chi connectivity index (χ2v) is 5.35. The van der Waals surface area contributed by atoms with Gasteiger partial charge in [0, 0.05) is 6.26 Å². The van der Waals surface area contributed by atoms with Gasteiger partial charge in [0.25, 0.3) is 0 Å². The molecule has 7 heteroatoms. The molecule has 2 atom stereocenters. The second-order valence-electron chi connectivity index (χ2n) is 4.78. The maximum absolute atomic E-state index is 5.69. The molecule has 0 aromatic rings. The average molecular weight is 324 g/mol. The van der Waals surface area contributed by atoms with Crippen LogP contribution in [-0.2, 0) is 27.9 Å². The molecule has 6 nitrogen and oxygen atoms in total. The van der Waals surface area contributed by atoms with E-state index in [1.54, 1.807) is 0 Å². The van der Waals surface area contributed by atoms with Crippen LogP contribution in [0.1, 0.15) is 13.8 Å². The molecule has 1 rings (SSSR count). The van der Waals surface area contributed by atoms with Crippen LogP contribution in [0.25, 0.3) is 0 Å². The normalized spacial score (nSPS) is 30.1. The topological polar surface area (TPSA) is 55.4 Å². The molecule has 0 spiro atoms. The lowest BCUT2D eigenvalue weighted by Crippen LogP contribution is -2.28. The van der Waals surface area contributed by atoms with Gasteiger partial charge in [0.15, 0.2) is 0 Å². The fourth-order valence-corrected chi connectivity index (χ4v) is 2.00. The third-order valence-electron chi connectivity index (χ3n) is 3.12. The molecule has 0 aromatic carbocycles. The van der Waals surface area contributed by atoms with Crippen molar-refractivity contribution in [1.82, 2.24) is 0 Å². The van der Waals surface area contributed by atoms with E-state index in [9.17, 15) is 0 Å². The van der Waals surface area contributed by atoms with E-state index in [0.717, 1.165) is 0 Å². The summed E-state index contributed by atoms with van der Waals surface area (Å²) in [5, 5.41) is 0. The third kappa shape index (κ3) is 9.67. The molecule has 21 heavy (non-hydrogen) atoms. The Kier molecular flexibility index (Phi) is 11.5. The SMILES string of the molecule is CSOCCOC1COCCOC(C)C(C)OCCOC1. The number of hydrogen-bond donors (Lipinski definition) is 0. The minimum absolute atomic E-state index is 0.0464. The van der Waals surface area contributed by atoms with Gasteiger partial charge in [-0.2, -0.15) is 0 Å². The zero-order chi connectivity index (χ0) is 15.3. The van der Waals surface area contributed by atoms with Gasteiger partial charge >= 0.3 is 0 Å². The van der Waals surface area contributed by atoms with Crippen molar-refractivity contribution >= 4 is 12.0 Å². The molecule has 126 valence electrons. The van der Waals surface area contributed by atoms with Crippen LogP contribution in [0.5, 0.6) is 0 Å². The number of hydrogen-bond acceptors (Lipinski definition) is 7. The van der Waals surface area contributed by atoms with E-state index < -0.39 is 0 Å². The van der Waals surface area contributed by atoms with Crippen molar-refractivity contribution in [3.63, 3.8) is 0 Å². The second kappa shape index (κ2) is 12.6. The summed E-state index contributed by atoms with van der Waals surface area (Å²) in [6, 6.07) is 0. The van der Waals surface area contributed by atoms with Crippen molar-refractivity contribution in [3.05, 3.63) is 0 Å². The van der Waals surface area contributed by atoms with Crippen molar-refractivity contribution in [3.8, 4) is 0 Å². The fraction of sp³-hybridized carbons (Fsp3) is 1.00. The lowest BCUT2D eigenvalue weighted by molar-refractivity contribution is -0.0742. The van der Waals surface area contributed by atoms with Gasteiger partial charge in [-0.15, -0.1) is 0 Å². The maximum atomic E-state index is 5.69. The molecular weight excluding hydrogens is 296 g/mol. The van der Waals surface area contributed by atoms with E-state index in [1.165, 1.54) is 12.0 Å². The molecule has 0 radical (unpaired) electrons. The van der Waals surface area contributed by atoms with E-state index in [0.29, 0.717) is 52.9 Å². The molecule has 0 amide bonds. The van der Waals surface area contributed by atoms with Gasteiger partial charge in [0.1, 0.15) is 6.10 Å². The minimum atomic E-state index is -0.0916. The summed E-state index contributed by atoms with van der Waals surface area (Å²) in [5.74, 6) is 0. The Morgan fingerprint density at radius 2 is 1.48 bits per heavy atom. The highest BCUT2D eigenvalue weighted by molar-refractivity contribution is 7.93. The average Bonchev–Trinajstić information content (AvgIpc) is 2.50. The molecule has 1 saturated heterocycles. The molecule has 0 N–H and O–H groups in total. The molecule has 2 unspecified atom stereocenters. The van der Waals surface area contributed by atoms with E-state index in [4.69, 9.17) is 27.9 Å². The summed E-state index contributed by atoms with van der Waals surface area (Å²) in [5.41, 5.74) is 0. The lowest BCUT2D eigenvalue weighted by atomic mass is 10.2. The van der Waals surface area contributed by atoms with Crippen LogP contribution in [0.2, 0.25) is 0 Å². The van der Waals surface area contributed by atoms with E-state index in [1.807, 2.05) is 20.1 Å². The van der Waals surface area contributed by atoms with Gasteiger partial charge in [-0.05, 0) is 25.9 Å². The maximum Gasteiger partial charge on any atom is 0.104 e. The zero-order valence-electron chi connectivity index (χ0n) is 13.2. The summed E-state index contributed by atoms with van der Waals surface area (Å²) in [6.07, 6.45) is 1.88. The standard InChI is InChI=1S/C14H28O6S/c1-12-13(2)18-7-5-16-11-14(10-15-4-6-17-12)19-8-9-20-21-3/h12-14H,4-11H2,1-3H3. The third-order valence-corrected chi connectivity index (χ3v) is 3.53. The van der Waals surface area contributed by atoms with E-state index in [2.05, 4.69) is 0 Å². The predicted octanol–water partition coefficient (Wildman–Crippen LogP) is 1.52. The summed E-state index contributed by atoms with van der Waals surface area (Å²) < 4.78 is 33.4. The first kappa shape index (κ1) is 19.2. The van der Waals surface area contributed by atoms with Crippen LogP contribution >= 0.6 is 12.0 Å². The van der Waals surface area contributed by atoms with Gasteiger partial charge in [0.2, 0.25) is 0 Å². The van der Waals surface area contributed by atoms with Crippen LogP contribution in [-0.4, -0.2) is 77.4 Å². The summed E-state index contributed by atoms with van der Waals surface area (Å²) in [7, 11) is 0. The van der Waals surface area contributed by atoms with Gasteiger partial charge in [0.05, 0.1) is 65.1 Å².